The first-order chi connectivity index (χ1) is 8.18. The largest absolute Gasteiger partial charge is 0.480 e. The highest BCUT2D eigenvalue weighted by molar-refractivity contribution is 7.95. The van der Waals surface area contributed by atoms with Crippen LogP contribution in [-0.4, -0.2) is 62.4 Å². The molecule has 1 fully saturated rings. The lowest BCUT2D eigenvalue weighted by Gasteiger charge is -2.16. The molecule has 18 heavy (non-hydrogen) atoms. The van der Waals surface area contributed by atoms with Crippen molar-refractivity contribution in [2.45, 2.75) is 24.1 Å². The summed E-state index contributed by atoms with van der Waals surface area (Å²) in [5, 5.41) is 16.3. The summed E-state index contributed by atoms with van der Waals surface area (Å²) in [6.07, 6.45) is -0.308. The molecule has 1 aliphatic heterocycles. The molecule has 1 unspecified atom stereocenters. The first-order valence-electron chi connectivity index (χ1n) is 5.23. The Morgan fingerprint density at radius 3 is 2.44 bits per heavy atom. The first kappa shape index (κ1) is 15.3. The van der Waals surface area contributed by atoms with Crippen LogP contribution in [0.3, 0.4) is 0 Å². The van der Waals surface area contributed by atoms with Crippen molar-refractivity contribution in [2.75, 3.05) is 18.1 Å². The highest BCUT2D eigenvalue weighted by Gasteiger charge is 2.38. The lowest BCUT2D eigenvalue weighted by atomic mass is 10.2. The fourth-order valence-corrected chi connectivity index (χ4v) is 5.93. The van der Waals surface area contributed by atoms with E-state index in [1.807, 2.05) is 4.72 Å². The molecule has 0 aromatic carbocycles. The molecular weight excluding hydrogens is 286 g/mol. The topological polar surface area (TPSA) is 138 Å². The predicted octanol–water partition coefficient (Wildman–Crippen LogP) is -2.07. The zero-order valence-corrected chi connectivity index (χ0v) is 11.1. The van der Waals surface area contributed by atoms with E-state index in [0.717, 1.165) is 0 Å². The Morgan fingerprint density at radius 2 is 2.06 bits per heavy atom. The van der Waals surface area contributed by atoms with Gasteiger partial charge in [-0.3, -0.25) is 4.79 Å². The zero-order chi connectivity index (χ0) is 14.0. The quantitative estimate of drug-likeness (QED) is 0.512. The van der Waals surface area contributed by atoms with E-state index in [4.69, 9.17) is 10.2 Å². The summed E-state index contributed by atoms with van der Waals surface area (Å²) < 4.78 is 47.9. The Bertz CT molecular complexity index is 510. The highest BCUT2D eigenvalue weighted by Crippen LogP contribution is 2.18. The first-order valence-corrected chi connectivity index (χ1v) is 8.60. The number of aliphatic hydroxyl groups excluding tert-OH is 1. The molecule has 0 aliphatic carbocycles. The molecule has 1 aliphatic rings. The van der Waals surface area contributed by atoms with Crippen LogP contribution in [0.2, 0.25) is 0 Å². The average Bonchev–Trinajstić information content (AvgIpc) is 2.58. The Morgan fingerprint density at radius 1 is 1.44 bits per heavy atom. The standard InChI is InChI=1S/C8H15NO7S2/c10-3-1-7(8(11)12)9-18(15,16)6-2-4-17(13,14)5-6/h6-7,9-10H,1-5H2,(H,11,12)/t6?,7-/m1/s1. The molecular formula is C8H15NO7S2. The third-order valence-electron chi connectivity index (χ3n) is 2.65. The van der Waals surface area contributed by atoms with Gasteiger partial charge >= 0.3 is 5.97 Å². The minimum Gasteiger partial charge on any atom is -0.480 e. The van der Waals surface area contributed by atoms with Crippen molar-refractivity contribution >= 4 is 25.8 Å². The van der Waals surface area contributed by atoms with Gasteiger partial charge in [-0.1, -0.05) is 0 Å². The number of sulfonamides is 1. The number of aliphatic hydroxyl groups is 1. The number of carboxylic acid groups (broad SMARTS) is 1. The highest BCUT2D eigenvalue weighted by atomic mass is 32.2. The molecule has 1 heterocycles. The van der Waals surface area contributed by atoms with Crippen LogP contribution in [0, 0.1) is 0 Å². The van der Waals surface area contributed by atoms with E-state index >= 15 is 0 Å². The van der Waals surface area contributed by atoms with E-state index in [-0.39, 0.29) is 18.6 Å². The lowest BCUT2D eigenvalue weighted by molar-refractivity contribution is -0.139. The van der Waals surface area contributed by atoms with Crippen LogP contribution < -0.4 is 4.72 Å². The SMILES string of the molecule is O=C(O)[C@@H](CCO)NS(=O)(=O)C1CCS(=O)(=O)C1. The summed E-state index contributed by atoms with van der Waals surface area (Å²) in [6, 6.07) is -1.44. The summed E-state index contributed by atoms with van der Waals surface area (Å²) >= 11 is 0. The van der Waals surface area contributed by atoms with Crippen molar-refractivity contribution in [3.8, 4) is 0 Å². The van der Waals surface area contributed by atoms with E-state index in [1.54, 1.807) is 0 Å². The van der Waals surface area contributed by atoms with Gasteiger partial charge in [0, 0.05) is 6.61 Å². The van der Waals surface area contributed by atoms with Gasteiger partial charge in [0.05, 0.1) is 16.8 Å². The van der Waals surface area contributed by atoms with Gasteiger partial charge in [-0.05, 0) is 12.8 Å². The Balaban J connectivity index is 2.78. The molecule has 0 aromatic heterocycles. The monoisotopic (exact) mass is 301 g/mol. The van der Waals surface area contributed by atoms with Crippen LogP contribution in [-0.2, 0) is 24.7 Å². The van der Waals surface area contributed by atoms with Crippen molar-refractivity contribution in [1.82, 2.24) is 4.72 Å². The molecule has 1 rings (SSSR count). The zero-order valence-electron chi connectivity index (χ0n) is 9.44. The molecule has 8 nitrogen and oxygen atoms in total. The molecule has 0 radical (unpaired) electrons. The van der Waals surface area contributed by atoms with E-state index in [0.29, 0.717) is 0 Å². The van der Waals surface area contributed by atoms with Crippen molar-refractivity contribution in [3.63, 3.8) is 0 Å². The summed E-state index contributed by atoms with van der Waals surface area (Å²) in [4.78, 5) is 10.8. The van der Waals surface area contributed by atoms with Gasteiger partial charge in [0.15, 0.2) is 9.84 Å². The minimum absolute atomic E-state index is 0.0386. The second kappa shape index (κ2) is 5.51. The van der Waals surface area contributed by atoms with E-state index in [9.17, 15) is 21.6 Å². The fraction of sp³-hybridized carbons (Fsp3) is 0.875. The van der Waals surface area contributed by atoms with Gasteiger partial charge in [0.25, 0.3) is 0 Å². The smallest absolute Gasteiger partial charge is 0.321 e. The molecule has 0 aromatic rings. The summed E-state index contributed by atoms with van der Waals surface area (Å²) in [5.74, 6) is -2.11. The van der Waals surface area contributed by atoms with E-state index in [1.165, 1.54) is 0 Å². The van der Waals surface area contributed by atoms with Crippen LogP contribution in [0.1, 0.15) is 12.8 Å². The second-order valence-corrected chi connectivity index (χ2v) is 8.31. The molecule has 0 amide bonds. The number of carboxylic acids is 1. The van der Waals surface area contributed by atoms with Crippen LogP contribution in [0.4, 0.5) is 0 Å². The molecule has 3 N–H and O–H groups in total. The number of hydrogen-bond acceptors (Lipinski definition) is 6. The fourth-order valence-electron chi connectivity index (χ4n) is 1.66. The predicted molar refractivity (Wildman–Crippen MR) is 62.2 cm³/mol. The molecule has 2 atom stereocenters. The third kappa shape index (κ3) is 3.90. The molecule has 10 heteroatoms. The summed E-state index contributed by atoms with van der Waals surface area (Å²) in [6.45, 7) is -0.484. The summed E-state index contributed by atoms with van der Waals surface area (Å²) in [7, 11) is -7.38. The van der Waals surface area contributed by atoms with Gasteiger partial charge in [-0.15, -0.1) is 0 Å². The maximum Gasteiger partial charge on any atom is 0.321 e. The number of rotatable bonds is 6. The third-order valence-corrected chi connectivity index (χ3v) is 6.52. The maximum absolute atomic E-state index is 11.8. The van der Waals surface area contributed by atoms with Crippen molar-refractivity contribution in [1.29, 1.82) is 0 Å². The van der Waals surface area contributed by atoms with Crippen molar-refractivity contribution < 1.29 is 31.8 Å². The van der Waals surface area contributed by atoms with Crippen molar-refractivity contribution in [3.05, 3.63) is 0 Å². The number of hydrogen-bond donors (Lipinski definition) is 3. The van der Waals surface area contributed by atoms with Gasteiger partial charge < -0.3 is 10.2 Å². The molecule has 0 bridgehead atoms. The normalized spacial score (nSPS) is 24.8. The van der Waals surface area contributed by atoms with Crippen LogP contribution in [0.5, 0.6) is 0 Å². The molecule has 1 saturated heterocycles. The van der Waals surface area contributed by atoms with Gasteiger partial charge in [-0.2, -0.15) is 0 Å². The Kier molecular flexibility index (Phi) is 4.70. The van der Waals surface area contributed by atoms with Crippen molar-refractivity contribution in [2.24, 2.45) is 0 Å². The number of nitrogens with one attached hydrogen (secondary N) is 1. The van der Waals surface area contributed by atoms with E-state index < -0.39 is 49.5 Å². The van der Waals surface area contributed by atoms with Gasteiger partial charge in [0.1, 0.15) is 6.04 Å². The van der Waals surface area contributed by atoms with Gasteiger partial charge in [-0.25, -0.2) is 21.6 Å². The second-order valence-electron chi connectivity index (χ2n) is 4.09. The molecule has 0 saturated carbocycles. The van der Waals surface area contributed by atoms with E-state index in [2.05, 4.69) is 0 Å². The Labute approximate surface area is 105 Å². The van der Waals surface area contributed by atoms with Crippen LogP contribution >= 0.6 is 0 Å². The van der Waals surface area contributed by atoms with Gasteiger partial charge in [0.2, 0.25) is 10.0 Å². The Hall–Kier alpha value is -0.710. The number of aliphatic carboxylic acids is 1. The maximum atomic E-state index is 11.8. The average molecular weight is 301 g/mol. The van der Waals surface area contributed by atoms with Crippen LogP contribution in [0.15, 0.2) is 0 Å². The number of sulfone groups is 1. The minimum atomic E-state index is -4.02. The molecule has 0 spiro atoms. The molecule has 106 valence electrons. The van der Waals surface area contributed by atoms with Crippen LogP contribution in [0.25, 0.3) is 0 Å². The lowest BCUT2D eigenvalue weighted by Crippen LogP contribution is -2.45. The number of carbonyl (C=O) groups is 1. The summed E-state index contributed by atoms with van der Waals surface area (Å²) in [5.41, 5.74) is 0.